The number of nitrogens with zero attached hydrogens (tertiary/aromatic N) is 1. The number of rotatable bonds is 10. The van der Waals surface area contributed by atoms with Gasteiger partial charge in [0.05, 0.1) is 6.10 Å². The minimum Gasteiger partial charge on any atom is -0.474 e. The highest BCUT2D eigenvalue weighted by atomic mass is 16.5. The molecule has 3 heteroatoms. The van der Waals surface area contributed by atoms with Gasteiger partial charge in [0.25, 0.3) is 0 Å². The second kappa shape index (κ2) is 8.25. The molecule has 112 valence electrons. The lowest BCUT2D eigenvalue weighted by atomic mass is 10.1. The van der Waals surface area contributed by atoms with Crippen molar-refractivity contribution < 1.29 is 4.74 Å². The van der Waals surface area contributed by atoms with E-state index in [0.29, 0.717) is 0 Å². The van der Waals surface area contributed by atoms with E-state index < -0.39 is 0 Å². The molecule has 20 heavy (non-hydrogen) atoms. The highest BCUT2D eigenvalue weighted by Crippen LogP contribution is 2.22. The molecule has 1 heterocycles. The molecule has 1 aromatic heterocycles. The van der Waals surface area contributed by atoms with E-state index in [1.165, 1.54) is 44.1 Å². The van der Waals surface area contributed by atoms with E-state index in [1.807, 2.05) is 12.3 Å². The third-order valence-corrected chi connectivity index (χ3v) is 3.79. The first-order valence-electron chi connectivity index (χ1n) is 8.13. The predicted molar refractivity (Wildman–Crippen MR) is 82.9 cm³/mol. The molecule has 0 spiro atoms. The van der Waals surface area contributed by atoms with Gasteiger partial charge in [-0.3, -0.25) is 0 Å². The van der Waals surface area contributed by atoms with E-state index >= 15 is 0 Å². The fraction of sp³-hybridized carbons (Fsp3) is 0.706. The normalized spacial score (nSPS) is 16.1. The zero-order valence-corrected chi connectivity index (χ0v) is 12.9. The molecule has 0 aromatic carbocycles. The fourth-order valence-corrected chi connectivity index (χ4v) is 2.31. The van der Waals surface area contributed by atoms with E-state index in [1.54, 1.807) is 0 Å². The lowest BCUT2D eigenvalue weighted by molar-refractivity contribution is 0.195. The Hall–Kier alpha value is -1.09. The molecular formula is C17H28N2O. The lowest BCUT2D eigenvalue weighted by Crippen LogP contribution is -2.18. The maximum atomic E-state index is 6.03. The summed E-state index contributed by atoms with van der Waals surface area (Å²) in [4.78, 5) is 4.40. The first-order chi connectivity index (χ1) is 9.79. The van der Waals surface area contributed by atoms with Gasteiger partial charge in [0.15, 0.2) is 0 Å². The van der Waals surface area contributed by atoms with Gasteiger partial charge in [0, 0.05) is 24.3 Å². The van der Waals surface area contributed by atoms with E-state index in [-0.39, 0.29) is 6.10 Å². The van der Waals surface area contributed by atoms with Crippen molar-refractivity contribution in [3.05, 3.63) is 23.9 Å². The van der Waals surface area contributed by atoms with Gasteiger partial charge in [-0.25, -0.2) is 4.98 Å². The quantitative estimate of drug-likeness (QED) is 0.654. The Morgan fingerprint density at radius 2 is 2.20 bits per heavy atom. The van der Waals surface area contributed by atoms with Crippen molar-refractivity contribution in [1.82, 2.24) is 10.3 Å². The maximum Gasteiger partial charge on any atom is 0.218 e. The molecule has 2 rings (SSSR count). The number of unbranched alkanes of at least 4 members (excludes halogenated alkanes) is 3. The molecule has 1 aliphatic carbocycles. The Balaban J connectivity index is 1.77. The Morgan fingerprint density at radius 1 is 1.35 bits per heavy atom. The van der Waals surface area contributed by atoms with Gasteiger partial charge >= 0.3 is 0 Å². The van der Waals surface area contributed by atoms with Crippen LogP contribution in [0.3, 0.4) is 0 Å². The number of hydrogen-bond donors (Lipinski definition) is 1. The molecule has 1 atom stereocenters. The van der Waals surface area contributed by atoms with Crippen molar-refractivity contribution in [2.75, 3.05) is 0 Å². The van der Waals surface area contributed by atoms with Gasteiger partial charge in [-0.05, 0) is 38.7 Å². The van der Waals surface area contributed by atoms with Crippen molar-refractivity contribution >= 4 is 0 Å². The molecule has 3 nitrogen and oxygen atoms in total. The largest absolute Gasteiger partial charge is 0.474 e. The summed E-state index contributed by atoms with van der Waals surface area (Å²) in [6, 6.07) is 4.82. The summed E-state index contributed by atoms with van der Waals surface area (Å²) in [6.45, 7) is 5.27. The van der Waals surface area contributed by atoms with E-state index in [9.17, 15) is 0 Å². The summed E-state index contributed by atoms with van der Waals surface area (Å²) >= 11 is 0. The van der Waals surface area contributed by atoms with Crippen LogP contribution >= 0.6 is 0 Å². The Labute approximate surface area is 123 Å². The van der Waals surface area contributed by atoms with Crippen LogP contribution in [0.25, 0.3) is 0 Å². The summed E-state index contributed by atoms with van der Waals surface area (Å²) in [5.41, 5.74) is 1.18. The highest BCUT2D eigenvalue weighted by Gasteiger charge is 2.21. The molecule has 0 saturated heterocycles. The fourth-order valence-electron chi connectivity index (χ4n) is 2.31. The van der Waals surface area contributed by atoms with Gasteiger partial charge in [0.1, 0.15) is 0 Å². The van der Waals surface area contributed by atoms with Crippen molar-refractivity contribution in [1.29, 1.82) is 0 Å². The average molecular weight is 276 g/mol. The van der Waals surface area contributed by atoms with Crippen molar-refractivity contribution in [2.24, 2.45) is 0 Å². The number of aromatic nitrogens is 1. The Morgan fingerprint density at radius 3 is 2.95 bits per heavy atom. The van der Waals surface area contributed by atoms with Gasteiger partial charge in [0.2, 0.25) is 5.88 Å². The van der Waals surface area contributed by atoms with Crippen LogP contribution in [0.1, 0.15) is 64.4 Å². The van der Waals surface area contributed by atoms with E-state index in [0.717, 1.165) is 24.9 Å². The van der Waals surface area contributed by atoms with Gasteiger partial charge in [-0.2, -0.15) is 0 Å². The zero-order chi connectivity index (χ0) is 14.2. The van der Waals surface area contributed by atoms with Crippen molar-refractivity contribution in [2.45, 2.75) is 77.5 Å². The molecule has 0 amide bonds. The van der Waals surface area contributed by atoms with Crippen LogP contribution in [0.2, 0.25) is 0 Å². The van der Waals surface area contributed by atoms with E-state index in [2.05, 4.69) is 30.2 Å². The summed E-state index contributed by atoms with van der Waals surface area (Å²) in [5.74, 6) is 0.809. The van der Waals surface area contributed by atoms with Gasteiger partial charge < -0.3 is 10.1 Å². The van der Waals surface area contributed by atoms with E-state index in [4.69, 9.17) is 4.74 Å². The van der Waals surface area contributed by atoms with Gasteiger partial charge in [-0.1, -0.05) is 32.3 Å². The first-order valence-corrected chi connectivity index (χ1v) is 8.13. The minimum atomic E-state index is 0.251. The lowest BCUT2D eigenvalue weighted by Gasteiger charge is -2.16. The van der Waals surface area contributed by atoms with Crippen LogP contribution in [0.15, 0.2) is 18.3 Å². The average Bonchev–Trinajstić information content (AvgIpc) is 3.27. The Kier molecular flexibility index (Phi) is 6.31. The summed E-state index contributed by atoms with van der Waals surface area (Å²) in [7, 11) is 0. The summed E-state index contributed by atoms with van der Waals surface area (Å²) in [5, 5.41) is 3.53. The van der Waals surface area contributed by atoms with Crippen LogP contribution < -0.4 is 10.1 Å². The second-order valence-electron chi connectivity index (χ2n) is 5.90. The molecule has 1 N–H and O–H groups in total. The van der Waals surface area contributed by atoms with Gasteiger partial charge in [-0.15, -0.1) is 0 Å². The molecule has 0 aliphatic heterocycles. The minimum absolute atomic E-state index is 0.251. The number of pyridine rings is 1. The van der Waals surface area contributed by atoms with Crippen LogP contribution in [-0.2, 0) is 6.54 Å². The molecule has 1 fully saturated rings. The van der Waals surface area contributed by atoms with Crippen molar-refractivity contribution in [3.8, 4) is 5.88 Å². The second-order valence-corrected chi connectivity index (χ2v) is 5.90. The van der Waals surface area contributed by atoms with Crippen molar-refractivity contribution in [3.63, 3.8) is 0 Å². The first kappa shape index (κ1) is 15.3. The SMILES string of the molecule is CCCCCCC(C)Oc1ncccc1CNC1CC1. The molecule has 0 radical (unpaired) electrons. The third kappa shape index (κ3) is 5.49. The Bertz CT molecular complexity index is 390. The summed E-state index contributed by atoms with van der Waals surface area (Å²) in [6.07, 6.45) is 11.0. The summed E-state index contributed by atoms with van der Waals surface area (Å²) < 4.78 is 6.03. The molecule has 1 aromatic rings. The maximum absolute atomic E-state index is 6.03. The van der Waals surface area contributed by atoms with Crippen LogP contribution in [-0.4, -0.2) is 17.1 Å². The number of hydrogen-bond acceptors (Lipinski definition) is 3. The topological polar surface area (TPSA) is 34.1 Å². The molecule has 1 unspecified atom stereocenters. The zero-order valence-electron chi connectivity index (χ0n) is 12.9. The highest BCUT2D eigenvalue weighted by molar-refractivity contribution is 5.25. The smallest absolute Gasteiger partial charge is 0.218 e. The number of nitrogens with one attached hydrogen (secondary N) is 1. The monoisotopic (exact) mass is 276 g/mol. The number of ether oxygens (including phenoxy) is 1. The molecular weight excluding hydrogens is 248 g/mol. The predicted octanol–water partition coefficient (Wildman–Crippen LogP) is 4.07. The standard InChI is InChI=1S/C17H28N2O/c1-3-4-5-6-8-14(2)20-17-15(9-7-12-18-17)13-19-16-10-11-16/h7,9,12,14,16,19H,3-6,8,10-11,13H2,1-2H3. The van der Waals surface area contributed by atoms with Crippen LogP contribution in [0, 0.1) is 0 Å². The molecule has 1 aliphatic rings. The third-order valence-electron chi connectivity index (χ3n) is 3.79. The van der Waals surface area contributed by atoms with Crippen LogP contribution in [0.5, 0.6) is 5.88 Å². The molecule has 0 bridgehead atoms. The molecule has 1 saturated carbocycles. The van der Waals surface area contributed by atoms with Crippen LogP contribution in [0.4, 0.5) is 0 Å².